The lowest BCUT2D eigenvalue weighted by atomic mass is 10.1. The van der Waals surface area contributed by atoms with E-state index in [0.717, 1.165) is 36.2 Å². The highest BCUT2D eigenvalue weighted by Crippen LogP contribution is 2.27. The molecular weight excluding hydrogens is 212 g/mol. The fourth-order valence-electron chi connectivity index (χ4n) is 2.02. The van der Waals surface area contributed by atoms with E-state index in [2.05, 4.69) is 12.2 Å². The molecule has 1 fully saturated rings. The lowest BCUT2D eigenvalue weighted by Gasteiger charge is -2.17. The summed E-state index contributed by atoms with van der Waals surface area (Å²) >= 11 is 0. The zero-order valence-corrected chi connectivity index (χ0v) is 10.8. The number of carbonyl (C=O) groups excluding carboxylic acids is 1. The third-order valence-electron chi connectivity index (χ3n) is 3.26. The van der Waals surface area contributed by atoms with Gasteiger partial charge in [0.05, 0.1) is 0 Å². The normalized spacial score (nSPS) is 14.5. The number of nitrogens with zero attached hydrogens (tertiary/aromatic N) is 1. The summed E-state index contributed by atoms with van der Waals surface area (Å²) in [5.74, 6) is 0.138. The first-order chi connectivity index (χ1) is 8.13. The van der Waals surface area contributed by atoms with E-state index in [1.54, 1.807) is 0 Å². The Kier molecular flexibility index (Phi) is 3.36. The van der Waals surface area contributed by atoms with E-state index in [0.29, 0.717) is 6.04 Å². The number of hydrogen-bond acceptors (Lipinski definition) is 2. The topological polar surface area (TPSA) is 32.3 Å². The van der Waals surface area contributed by atoms with E-state index >= 15 is 0 Å². The summed E-state index contributed by atoms with van der Waals surface area (Å²) in [6.45, 7) is 5.00. The van der Waals surface area contributed by atoms with Crippen LogP contribution in [0.1, 0.15) is 35.7 Å². The summed E-state index contributed by atoms with van der Waals surface area (Å²) in [5.41, 5.74) is 3.03. The molecule has 1 amide bonds. The number of amides is 1. The van der Waals surface area contributed by atoms with Gasteiger partial charge < -0.3 is 10.2 Å². The Labute approximate surface area is 103 Å². The molecule has 2 rings (SSSR count). The summed E-state index contributed by atoms with van der Waals surface area (Å²) in [6.07, 6.45) is 2.30. The zero-order chi connectivity index (χ0) is 12.4. The van der Waals surface area contributed by atoms with E-state index in [4.69, 9.17) is 0 Å². The van der Waals surface area contributed by atoms with Crippen molar-refractivity contribution in [3.8, 4) is 0 Å². The van der Waals surface area contributed by atoms with Crippen molar-refractivity contribution >= 4 is 11.6 Å². The predicted molar refractivity (Wildman–Crippen MR) is 70.5 cm³/mol. The van der Waals surface area contributed by atoms with Gasteiger partial charge in [-0.1, -0.05) is 0 Å². The van der Waals surface area contributed by atoms with Gasteiger partial charge in [-0.15, -0.1) is 0 Å². The molecule has 1 N–H and O–H groups in total. The van der Waals surface area contributed by atoms with Crippen molar-refractivity contribution in [2.45, 2.75) is 32.7 Å². The Bertz CT molecular complexity index is 424. The molecule has 1 aliphatic rings. The number of anilines is 1. The SMILES string of the molecule is CCNc1ccc(C(=O)N(C)C2CC2)cc1C. The zero-order valence-electron chi connectivity index (χ0n) is 10.8. The molecule has 0 unspecified atom stereocenters. The van der Waals surface area contributed by atoms with E-state index < -0.39 is 0 Å². The summed E-state index contributed by atoms with van der Waals surface area (Å²) in [5, 5.41) is 3.28. The fraction of sp³-hybridized carbons (Fsp3) is 0.500. The average molecular weight is 232 g/mol. The summed E-state index contributed by atoms with van der Waals surface area (Å²) < 4.78 is 0. The summed E-state index contributed by atoms with van der Waals surface area (Å²) in [6, 6.07) is 6.34. The van der Waals surface area contributed by atoms with Crippen LogP contribution in [0, 0.1) is 6.92 Å². The molecule has 0 heterocycles. The molecule has 0 spiro atoms. The quantitative estimate of drug-likeness (QED) is 0.865. The second-order valence-corrected chi connectivity index (χ2v) is 4.71. The van der Waals surface area contributed by atoms with Crippen LogP contribution >= 0.6 is 0 Å². The van der Waals surface area contributed by atoms with Gasteiger partial charge in [-0.05, 0) is 50.5 Å². The Balaban J connectivity index is 2.15. The first-order valence-electron chi connectivity index (χ1n) is 6.25. The van der Waals surface area contributed by atoms with Crippen LogP contribution < -0.4 is 5.32 Å². The molecule has 1 saturated carbocycles. The second kappa shape index (κ2) is 4.78. The first-order valence-corrected chi connectivity index (χ1v) is 6.25. The minimum absolute atomic E-state index is 0.138. The highest BCUT2D eigenvalue weighted by atomic mass is 16.2. The molecule has 0 atom stereocenters. The Morgan fingerprint density at radius 3 is 2.71 bits per heavy atom. The van der Waals surface area contributed by atoms with Crippen molar-refractivity contribution < 1.29 is 4.79 Å². The van der Waals surface area contributed by atoms with Crippen molar-refractivity contribution in [2.24, 2.45) is 0 Å². The predicted octanol–water partition coefficient (Wildman–Crippen LogP) is 2.66. The number of nitrogens with one attached hydrogen (secondary N) is 1. The maximum Gasteiger partial charge on any atom is 0.253 e. The molecule has 0 radical (unpaired) electrons. The maximum atomic E-state index is 12.2. The van der Waals surface area contributed by atoms with Crippen molar-refractivity contribution in [1.82, 2.24) is 4.90 Å². The Morgan fingerprint density at radius 2 is 2.18 bits per heavy atom. The van der Waals surface area contributed by atoms with Crippen LogP contribution in [-0.4, -0.2) is 30.4 Å². The van der Waals surface area contributed by atoms with Gasteiger partial charge in [0.25, 0.3) is 5.91 Å². The monoisotopic (exact) mass is 232 g/mol. The molecule has 92 valence electrons. The van der Waals surface area contributed by atoms with Crippen LogP contribution in [0.25, 0.3) is 0 Å². The number of rotatable bonds is 4. The molecular formula is C14H20N2O. The summed E-state index contributed by atoms with van der Waals surface area (Å²) in [4.78, 5) is 14.0. The van der Waals surface area contributed by atoms with Gasteiger partial charge in [0.2, 0.25) is 0 Å². The van der Waals surface area contributed by atoms with Crippen LogP contribution in [0.15, 0.2) is 18.2 Å². The highest BCUT2D eigenvalue weighted by molar-refractivity contribution is 5.95. The van der Waals surface area contributed by atoms with Gasteiger partial charge >= 0.3 is 0 Å². The van der Waals surface area contributed by atoms with Crippen LogP contribution in [0.3, 0.4) is 0 Å². The number of carbonyl (C=O) groups is 1. The number of aryl methyl sites for hydroxylation is 1. The van der Waals surface area contributed by atoms with E-state index in [-0.39, 0.29) is 5.91 Å². The van der Waals surface area contributed by atoms with Crippen LogP contribution in [0.2, 0.25) is 0 Å². The van der Waals surface area contributed by atoms with E-state index in [9.17, 15) is 4.79 Å². The lowest BCUT2D eigenvalue weighted by Crippen LogP contribution is -2.28. The number of hydrogen-bond donors (Lipinski definition) is 1. The van der Waals surface area contributed by atoms with Gasteiger partial charge in [0, 0.05) is 30.9 Å². The molecule has 17 heavy (non-hydrogen) atoms. The van der Waals surface area contributed by atoms with E-state index in [1.807, 2.05) is 37.1 Å². The smallest absolute Gasteiger partial charge is 0.253 e. The average Bonchev–Trinajstić information content (AvgIpc) is 3.14. The molecule has 1 aromatic rings. The molecule has 0 aliphatic heterocycles. The van der Waals surface area contributed by atoms with Gasteiger partial charge in [-0.25, -0.2) is 0 Å². The molecule has 3 heteroatoms. The minimum Gasteiger partial charge on any atom is -0.385 e. The van der Waals surface area contributed by atoms with Gasteiger partial charge in [0.15, 0.2) is 0 Å². The standard InChI is InChI=1S/C14H20N2O/c1-4-15-13-8-5-11(9-10(13)2)14(17)16(3)12-6-7-12/h5,8-9,12,15H,4,6-7H2,1-3H3. The van der Waals surface area contributed by atoms with Crippen molar-refractivity contribution in [3.63, 3.8) is 0 Å². The Morgan fingerprint density at radius 1 is 1.47 bits per heavy atom. The van der Waals surface area contributed by atoms with Crippen LogP contribution in [0.5, 0.6) is 0 Å². The fourth-order valence-corrected chi connectivity index (χ4v) is 2.02. The molecule has 0 saturated heterocycles. The minimum atomic E-state index is 0.138. The second-order valence-electron chi connectivity index (χ2n) is 4.71. The summed E-state index contributed by atoms with van der Waals surface area (Å²) in [7, 11) is 1.90. The van der Waals surface area contributed by atoms with Crippen molar-refractivity contribution in [3.05, 3.63) is 29.3 Å². The molecule has 3 nitrogen and oxygen atoms in total. The van der Waals surface area contributed by atoms with Gasteiger partial charge in [0.1, 0.15) is 0 Å². The maximum absolute atomic E-state index is 12.2. The van der Waals surface area contributed by atoms with E-state index in [1.165, 1.54) is 0 Å². The molecule has 0 bridgehead atoms. The third kappa shape index (κ3) is 2.60. The van der Waals surface area contributed by atoms with Crippen LogP contribution in [-0.2, 0) is 0 Å². The Hall–Kier alpha value is -1.51. The molecule has 1 aromatic carbocycles. The third-order valence-corrected chi connectivity index (χ3v) is 3.26. The van der Waals surface area contributed by atoms with Crippen molar-refractivity contribution in [2.75, 3.05) is 18.9 Å². The molecule has 0 aromatic heterocycles. The largest absolute Gasteiger partial charge is 0.385 e. The van der Waals surface area contributed by atoms with Gasteiger partial charge in [-0.3, -0.25) is 4.79 Å². The lowest BCUT2D eigenvalue weighted by molar-refractivity contribution is 0.0785. The van der Waals surface area contributed by atoms with Crippen LogP contribution in [0.4, 0.5) is 5.69 Å². The first kappa shape index (κ1) is 12.0. The van der Waals surface area contributed by atoms with Gasteiger partial charge in [-0.2, -0.15) is 0 Å². The van der Waals surface area contributed by atoms with Crippen molar-refractivity contribution in [1.29, 1.82) is 0 Å². The molecule has 1 aliphatic carbocycles. The number of benzene rings is 1. The highest BCUT2D eigenvalue weighted by Gasteiger charge is 2.30.